The van der Waals surface area contributed by atoms with E-state index in [1.54, 1.807) is 48.9 Å². The van der Waals surface area contributed by atoms with Gasteiger partial charge in [0.05, 0.1) is 11.9 Å². The van der Waals surface area contributed by atoms with E-state index in [1.807, 2.05) is 16.8 Å². The molecule has 0 atom stereocenters. The second kappa shape index (κ2) is 8.75. The van der Waals surface area contributed by atoms with Crippen molar-refractivity contribution < 1.29 is 18.7 Å². The highest BCUT2D eigenvalue weighted by Crippen LogP contribution is 2.28. The summed E-state index contributed by atoms with van der Waals surface area (Å²) in [6.45, 7) is 0.498. The van der Waals surface area contributed by atoms with E-state index in [0.717, 1.165) is 16.7 Å². The summed E-state index contributed by atoms with van der Waals surface area (Å²) in [6.07, 6.45) is 7.12. The van der Waals surface area contributed by atoms with Gasteiger partial charge in [-0.15, -0.1) is 0 Å². The fraction of sp³-hybridized carbons (Fsp3) is 0.0400. The largest absolute Gasteiger partial charge is 0.478 e. The van der Waals surface area contributed by atoms with Crippen LogP contribution in [0, 0.1) is 11.6 Å². The number of carboxylic acids is 1. The predicted octanol–water partition coefficient (Wildman–Crippen LogP) is 5.77. The number of carbonyl (C=O) groups is 1. The third kappa shape index (κ3) is 4.75. The molecule has 0 aliphatic heterocycles. The molecule has 0 saturated carbocycles. The lowest BCUT2D eigenvalue weighted by molar-refractivity contribution is 0.0697. The standard InChI is InChI=1S/C25H18F2N2O2/c26-21-6-2-18(3-7-21)20(15-29-12-11-28-16-29)13-17-1-10-23(25(30)31)24(14-17)19-4-8-22(27)9-5-19/h1-14,16H,15H2,(H,30,31)/b20-13+. The van der Waals surface area contributed by atoms with Crippen LogP contribution in [0.25, 0.3) is 22.8 Å². The zero-order valence-electron chi connectivity index (χ0n) is 16.4. The molecule has 1 N–H and O–H groups in total. The summed E-state index contributed by atoms with van der Waals surface area (Å²) < 4.78 is 28.7. The lowest BCUT2D eigenvalue weighted by Gasteiger charge is -2.12. The molecule has 0 unspecified atom stereocenters. The molecule has 1 aromatic heterocycles. The highest BCUT2D eigenvalue weighted by molar-refractivity contribution is 5.97. The molecule has 0 saturated heterocycles. The molecule has 6 heteroatoms. The second-order valence-corrected chi connectivity index (χ2v) is 7.03. The predicted molar refractivity (Wildman–Crippen MR) is 115 cm³/mol. The minimum atomic E-state index is -1.06. The van der Waals surface area contributed by atoms with Crippen molar-refractivity contribution >= 4 is 17.6 Å². The maximum Gasteiger partial charge on any atom is 0.336 e. The average Bonchev–Trinajstić information content (AvgIpc) is 3.27. The van der Waals surface area contributed by atoms with Crippen molar-refractivity contribution in [2.75, 3.05) is 0 Å². The van der Waals surface area contributed by atoms with Crippen LogP contribution in [0.4, 0.5) is 8.78 Å². The summed E-state index contributed by atoms with van der Waals surface area (Å²) in [4.78, 5) is 15.8. The van der Waals surface area contributed by atoms with Gasteiger partial charge in [0.2, 0.25) is 0 Å². The van der Waals surface area contributed by atoms with Crippen LogP contribution in [0.1, 0.15) is 21.5 Å². The van der Waals surface area contributed by atoms with Gasteiger partial charge in [0.15, 0.2) is 0 Å². The zero-order chi connectivity index (χ0) is 21.8. The van der Waals surface area contributed by atoms with Gasteiger partial charge >= 0.3 is 5.97 Å². The monoisotopic (exact) mass is 416 g/mol. The van der Waals surface area contributed by atoms with Gasteiger partial charge in [-0.25, -0.2) is 18.6 Å². The molecule has 3 aromatic carbocycles. The third-order valence-corrected chi connectivity index (χ3v) is 4.90. The number of aromatic nitrogens is 2. The Morgan fingerprint density at radius 2 is 1.65 bits per heavy atom. The number of nitrogens with zero attached hydrogens (tertiary/aromatic N) is 2. The van der Waals surface area contributed by atoms with Gasteiger partial charge in [0.1, 0.15) is 11.6 Å². The molecule has 154 valence electrons. The third-order valence-electron chi connectivity index (χ3n) is 4.90. The van der Waals surface area contributed by atoms with Gasteiger partial charge in [-0.1, -0.05) is 30.3 Å². The lowest BCUT2D eigenvalue weighted by atomic mass is 9.95. The van der Waals surface area contributed by atoms with Crippen molar-refractivity contribution in [1.29, 1.82) is 0 Å². The lowest BCUT2D eigenvalue weighted by Crippen LogP contribution is -2.01. The van der Waals surface area contributed by atoms with Crippen LogP contribution in [-0.4, -0.2) is 20.6 Å². The summed E-state index contributed by atoms with van der Waals surface area (Å²) in [6, 6.07) is 16.9. The van der Waals surface area contributed by atoms with Crippen LogP contribution in [0.3, 0.4) is 0 Å². The summed E-state index contributed by atoms with van der Waals surface area (Å²) in [5.41, 5.74) is 3.71. The Labute approximate surface area is 177 Å². The topological polar surface area (TPSA) is 55.1 Å². The molecule has 0 radical (unpaired) electrons. The SMILES string of the molecule is O=C(O)c1ccc(/C=C(\Cn2ccnc2)c2ccc(F)cc2)cc1-c1ccc(F)cc1. The number of allylic oxidation sites excluding steroid dienone is 1. The van der Waals surface area contributed by atoms with E-state index < -0.39 is 11.8 Å². The Bertz CT molecular complexity index is 1230. The van der Waals surface area contributed by atoms with Gasteiger partial charge < -0.3 is 9.67 Å². The van der Waals surface area contributed by atoms with E-state index in [2.05, 4.69) is 4.98 Å². The van der Waals surface area contributed by atoms with Crippen molar-refractivity contribution in [2.24, 2.45) is 0 Å². The Morgan fingerprint density at radius 3 is 2.26 bits per heavy atom. The van der Waals surface area contributed by atoms with E-state index in [1.165, 1.54) is 30.3 Å². The first-order valence-electron chi connectivity index (χ1n) is 9.55. The number of halogens is 2. The molecule has 0 aliphatic carbocycles. The summed E-state index contributed by atoms with van der Waals surface area (Å²) in [5.74, 6) is -1.78. The Balaban J connectivity index is 1.81. The molecule has 0 bridgehead atoms. The van der Waals surface area contributed by atoms with Crippen molar-refractivity contribution in [1.82, 2.24) is 9.55 Å². The molecular weight excluding hydrogens is 398 g/mol. The number of carboxylic acid groups (broad SMARTS) is 1. The second-order valence-electron chi connectivity index (χ2n) is 7.03. The molecule has 1 heterocycles. The minimum absolute atomic E-state index is 0.127. The molecular formula is C25H18F2N2O2. The Hall–Kier alpha value is -4.06. The van der Waals surface area contributed by atoms with Gasteiger partial charge in [0.25, 0.3) is 0 Å². The number of rotatable bonds is 6. The van der Waals surface area contributed by atoms with Crippen LogP contribution in [0.2, 0.25) is 0 Å². The van der Waals surface area contributed by atoms with E-state index in [-0.39, 0.29) is 11.4 Å². The number of aromatic carboxylic acids is 1. The number of benzene rings is 3. The van der Waals surface area contributed by atoms with E-state index in [9.17, 15) is 18.7 Å². The smallest absolute Gasteiger partial charge is 0.336 e. The number of hydrogen-bond donors (Lipinski definition) is 1. The quantitative estimate of drug-likeness (QED) is 0.406. The van der Waals surface area contributed by atoms with Gasteiger partial charge in [-0.2, -0.15) is 0 Å². The zero-order valence-corrected chi connectivity index (χ0v) is 16.4. The summed E-state index contributed by atoms with van der Waals surface area (Å²) in [7, 11) is 0. The maximum absolute atomic E-state index is 13.4. The van der Waals surface area contributed by atoms with E-state index in [0.29, 0.717) is 17.7 Å². The van der Waals surface area contributed by atoms with Crippen LogP contribution in [-0.2, 0) is 6.54 Å². The first-order valence-corrected chi connectivity index (χ1v) is 9.55. The highest BCUT2D eigenvalue weighted by Gasteiger charge is 2.13. The Kier molecular flexibility index (Phi) is 5.71. The molecule has 4 aromatic rings. The van der Waals surface area contributed by atoms with Crippen molar-refractivity contribution in [3.05, 3.63) is 114 Å². The molecule has 4 rings (SSSR count). The Morgan fingerprint density at radius 1 is 0.968 bits per heavy atom. The summed E-state index contributed by atoms with van der Waals surface area (Å²) >= 11 is 0. The van der Waals surface area contributed by atoms with Crippen LogP contribution >= 0.6 is 0 Å². The number of hydrogen-bond acceptors (Lipinski definition) is 2. The first kappa shape index (κ1) is 20.2. The molecule has 31 heavy (non-hydrogen) atoms. The van der Waals surface area contributed by atoms with Crippen LogP contribution in [0.15, 0.2) is 85.5 Å². The first-order chi connectivity index (χ1) is 15.0. The maximum atomic E-state index is 13.4. The van der Waals surface area contributed by atoms with Gasteiger partial charge in [0, 0.05) is 18.9 Å². The molecule has 0 amide bonds. The van der Waals surface area contributed by atoms with Gasteiger partial charge in [-0.05, 0) is 70.3 Å². The average molecular weight is 416 g/mol. The van der Waals surface area contributed by atoms with E-state index in [4.69, 9.17) is 0 Å². The van der Waals surface area contributed by atoms with Crippen LogP contribution < -0.4 is 0 Å². The van der Waals surface area contributed by atoms with Crippen molar-refractivity contribution in [2.45, 2.75) is 6.54 Å². The summed E-state index contributed by atoms with van der Waals surface area (Å²) in [5, 5.41) is 9.59. The highest BCUT2D eigenvalue weighted by atomic mass is 19.1. The fourth-order valence-electron chi connectivity index (χ4n) is 3.37. The molecule has 0 spiro atoms. The molecule has 0 fully saturated rings. The normalized spacial score (nSPS) is 11.5. The van der Waals surface area contributed by atoms with Gasteiger partial charge in [-0.3, -0.25) is 0 Å². The molecule has 0 aliphatic rings. The number of imidazole rings is 1. The fourth-order valence-corrected chi connectivity index (χ4v) is 3.37. The molecule has 4 nitrogen and oxygen atoms in total. The van der Waals surface area contributed by atoms with Crippen molar-refractivity contribution in [3.8, 4) is 11.1 Å². The van der Waals surface area contributed by atoms with E-state index >= 15 is 0 Å². The van der Waals surface area contributed by atoms with Crippen molar-refractivity contribution in [3.63, 3.8) is 0 Å². The van der Waals surface area contributed by atoms with Crippen LogP contribution in [0.5, 0.6) is 0 Å². The minimum Gasteiger partial charge on any atom is -0.478 e.